The Morgan fingerprint density at radius 3 is 2.31 bits per heavy atom. The zero-order chi connectivity index (χ0) is 27.0. The molecule has 0 amide bonds. The van der Waals surface area contributed by atoms with Crippen LogP contribution in [0, 0.1) is 10.1 Å². The van der Waals surface area contributed by atoms with E-state index in [1.165, 1.54) is 24.3 Å². The highest BCUT2D eigenvalue weighted by atomic mass is 16.6. The van der Waals surface area contributed by atoms with Gasteiger partial charge in [-0.2, -0.15) is 20.1 Å². The minimum Gasteiger partial charge on any atom is -0.423 e. The molecule has 3 aromatic carbocycles. The molecule has 1 aliphatic heterocycles. The average molecular weight is 525 g/mol. The molecule has 0 saturated carbocycles. The van der Waals surface area contributed by atoms with Gasteiger partial charge in [-0.25, -0.2) is 10.2 Å². The van der Waals surface area contributed by atoms with Gasteiger partial charge >= 0.3 is 5.97 Å². The Labute approximate surface area is 223 Å². The molecule has 0 spiro atoms. The largest absolute Gasteiger partial charge is 0.423 e. The Kier molecular flexibility index (Phi) is 7.63. The smallest absolute Gasteiger partial charge is 0.343 e. The number of para-hydroxylation sites is 1. The zero-order valence-electron chi connectivity index (χ0n) is 20.7. The highest BCUT2D eigenvalue weighted by Crippen LogP contribution is 2.21. The lowest BCUT2D eigenvalue weighted by atomic mass is 10.2. The van der Waals surface area contributed by atoms with Crippen molar-refractivity contribution in [3.8, 4) is 5.75 Å². The maximum absolute atomic E-state index is 12.3. The van der Waals surface area contributed by atoms with Gasteiger partial charge in [0.2, 0.25) is 17.8 Å². The number of hydrogen-bond donors (Lipinski definition) is 2. The summed E-state index contributed by atoms with van der Waals surface area (Å²) in [6.07, 6.45) is 3.77. The number of hydrogen-bond acceptors (Lipinski definition) is 11. The summed E-state index contributed by atoms with van der Waals surface area (Å²) >= 11 is 0. The summed E-state index contributed by atoms with van der Waals surface area (Å²) in [4.78, 5) is 38.2. The maximum atomic E-state index is 12.3. The first-order valence-corrected chi connectivity index (χ1v) is 12.2. The first-order valence-electron chi connectivity index (χ1n) is 12.2. The molecule has 5 rings (SSSR count). The molecule has 2 heterocycles. The second kappa shape index (κ2) is 11.8. The van der Waals surface area contributed by atoms with E-state index in [0.29, 0.717) is 23.6 Å². The van der Waals surface area contributed by atoms with Gasteiger partial charge in [0.25, 0.3) is 5.69 Å². The van der Waals surface area contributed by atoms with Crippen molar-refractivity contribution in [2.24, 2.45) is 5.10 Å². The topological polar surface area (TPSA) is 148 Å². The molecule has 1 aliphatic rings. The van der Waals surface area contributed by atoms with Crippen LogP contribution >= 0.6 is 0 Å². The van der Waals surface area contributed by atoms with Crippen molar-refractivity contribution in [3.63, 3.8) is 0 Å². The number of carbonyl (C=O) groups is 1. The van der Waals surface area contributed by atoms with Crippen molar-refractivity contribution in [1.29, 1.82) is 0 Å². The number of ether oxygens (including phenoxy) is 1. The number of non-ortho nitro benzene ring substituents is 1. The number of hydrazone groups is 1. The van der Waals surface area contributed by atoms with E-state index in [-0.39, 0.29) is 11.3 Å². The number of nitro benzene ring substituents is 1. The Balaban J connectivity index is 1.23. The standard InChI is InChI=1S/C27H24N8O4/c36-24(20-10-12-22(13-11-20)35(37)38)39-23-14-8-19(9-15-23)18-28-33-26-30-25(29-21-6-2-1-3-7-21)31-27(32-26)34-16-4-5-17-34/h1-3,6-15,18H,4-5,16-17H2,(H2,29,30,31,32,33)/b28-18-. The van der Waals surface area contributed by atoms with E-state index in [2.05, 4.69) is 35.7 Å². The van der Waals surface area contributed by atoms with Gasteiger partial charge in [-0.3, -0.25) is 10.1 Å². The van der Waals surface area contributed by atoms with Crippen molar-refractivity contribution in [3.05, 3.63) is 100 Å². The van der Waals surface area contributed by atoms with Gasteiger partial charge in [-0.1, -0.05) is 18.2 Å². The van der Waals surface area contributed by atoms with Crippen LogP contribution in [0.5, 0.6) is 5.75 Å². The van der Waals surface area contributed by atoms with Gasteiger partial charge < -0.3 is 15.0 Å². The summed E-state index contributed by atoms with van der Waals surface area (Å²) in [6, 6.07) is 21.6. The summed E-state index contributed by atoms with van der Waals surface area (Å²) in [7, 11) is 0. The Morgan fingerprint density at radius 2 is 1.62 bits per heavy atom. The van der Waals surface area contributed by atoms with E-state index in [9.17, 15) is 14.9 Å². The van der Waals surface area contributed by atoms with Gasteiger partial charge in [-0.05, 0) is 66.9 Å². The molecule has 1 saturated heterocycles. The highest BCUT2D eigenvalue weighted by Gasteiger charge is 2.17. The van der Waals surface area contributed by atoms with Crippen LogP contribution in [0.3, 0.4) is 0 Å². The molecular weight excluding hydrogens is 500 g/mol. The number of nitrogens with zero attached hydrogens (tertiary/aromatic N) is 6. The van der Waals surface area contributed by atoms with E-state index in [0.717, 1.165) is 37.2 Å². The van der Waals surface area contributed by atoms with Crippen molar-refractivity contribution < 1.29 is 14.5 Å². The average Bonchev–Trinajstić information content (AvgIpc) is 3.50. The van der Waals surface area contributed by atoms with Crippen molar-refractivity contribution in [2.45, 2.75) is 12.8 Å². The second-order valence-electron chi connectivity index (χ2n) is 8.60. The summed E-state index contributed by atoms with van der Waals surface area (Å²) in [5.74, 6) is 1.01. The number of carbonyl (C=O) groups excluding carboxylic acids is 1. The SMILES string of the molecule is O=C(Oc1ccc(/C=N\Nc2nc(Nc3ccccc3)nc(N3CCCC3)n2)cc1)c1ccc([N+](=O)[O-])cc1. The first-order chi connectivity index (χ1) is 19.0. The molecule has 12 heteroatoms. The number of aromatic nitrogens is 3. The molecule has 4 aromatic rings. The minimum atomic E-state index is -0.614. The Hall–Kier alpha value is -5.39. The van der Waals surface area contributed by atoms with Gasteiger partial charge in [-0.15, -0.1) is 0 Å². The van der Waals surface area contributed by atoms with E-state index in [1.807, 2.05) is 30.3 Å². The van der Waals surface area contributed by atoms with Crippen molar-refractivity contribution in [1.82, 2.24) is 15.0 Å². The second-order valence-corrected chi connectivity index (χ2v) is 8.60. The summed E-state index contributed by atoms with van der Waals surface area (Å²) < 4.78 is 5.35. The molecule has 39 heavy (non-hydrogen) atoms. The lowest BCUT2D eigenvalue weighted by molar-refractivity contribution is -0.384. The van der Waals surface area contributed by atoms with Gasteiger partial charge in [0, 0.05) is 30.9 Å². The van der Waals surface area contributed by atoms with Gasteiger partial charge in [0.05, 0.1) is 16.7 Å². The molecule has 1 aromatic heterocycles. The lowest BCUT2D eigenvalue weighted by Crippen LogP contribution is -2.21. The van der Waals surface area contributed by atoms with Crippen LogP contribution in [-0.4, -0.2) is 45.1 Å². The number of benzene rings is 3. The summed E-state index contributed by atoms with van der Waals surface area (Å²) in [5, 5.41) is 18.2. The molecule has 196 valence electrons. The molecule has 0 radical (unpaired) electrons. The zero-order valence-corrected chi connectivity index (χ0v) is 20.7. The van der Waals surface area contributed by atoms with E-state index in [1.54, 1.807) is 30.5 Å². The lowest BCUT2D eigenvalue weighted by Gasteiger charge is -2.16. The number of nitro groups is 1. The fraction of sp³-hybridized carbons (Fsp3) is 0.148. The quantitative estimate of drug-likeness (QED) is 0.103. The number of rotatable bonds is 9. The molecule has 1 fully saturated rings. The minimum absolute atomic E-state index is 0.100. The van der Waals surface area contributed by atoms with E-state index < -0.39 is 10.9 Å². The fourth-order valence-electron chi connectivity index (χ4n) is 3.85. The first kappa shape index (κ1) is 25.3. The van der Waals surface area contributed by atoms with Crippen LogP contribution in [0.1, 0.15) is 28.8 Å². The third-order valence-electron chi connectivity index (χ3n) is 5.83. The molecule has 0 bridgehead atoms. The molecular formula is C27H24N8O4. The summed E-state index contributed by atoms with van der Waals surface area (Å²) in [6.45, 7) is 1.78. The number of nitrogens with one attached hydrogen (secondary N) is 2. The van der Waals surface area contributed by atoms with Crippen molar-refractivity contribution >= 4 is 41.4 Å². The van der Waals surface area contributed by atoms with Gasteiger partial charge in [0.1, 0.15) is 5.75 Å². The van der Waals surface area contributed by atoms with Crippen LogP contribution in [0.15, 0.2) is 84.0 Å². The monoisotopic (exact) mass is 524 g/mol. The third kappa shape index (κ3) is 6.68. The van der Waals surface area contributed by atoms with Crippen LogP contribution in [0.2, 0.25) is 0 Å². The Bertz CT molecular complexity index is 1470. The van der Waals surface area contributed by atoms with E-state index in [4.69, 9.17) is 4.74 Å². The predicted octanol–water partition coefficient (Wildman–Crippen LogP) is 4.79. The van der Waals surface area contributed by atoms with Crippen LogP contribution in [0.25, 0.3) is 0 Å². The van der Waals surface area contributed by atoms with E-state index >= 15 is 0 Å². The number of esters is 1. The molecule has 0 atom stereocenters. The van der Waals surface area contributed by atoms with Gasteiger partial charge in [0.15, 0.2) is 0 Å². The maximum Gasteiger partial charge on any atom is 0.343 e. The molecule has 12 nitrogen and oxygen atoms in total. The van der Waals surface area contributed by atoms with Crippen molar-refractivity contribution in [2.75, 3.05) is 28.7 Å². The Morgan fingerprint density at radius 1 is 0.923 bits per heavy atom. The molecule has 2 N–H and O–H groups in total. The predicted molar refractivity (Wildman–Crippen MR) is 147 cm³/mol. The fourth-order valence-corrected chi connectivity index (χ4v) is 3.85. The normalized spacial score (nSPS) is 12.9. The molecule has 0 aliphatic carbocycles. The van der Waals surface area contributed by atoms with Crippen LogP contribution < -0.4 is 20.4 Å². The van der Waals surface area contributed by atoms with Crippen LogP contribution in [-0.2, 0) is 0 Å². The number of anilines is 4. The summed E-state index contributed by atoms with van der Waals surface area (Å²) in [5.41, 5.74) is 4.59. The van der Waals surface area contributed by atoms with Crippen LogP contribution in [0.4, 0.5) is 29.2 Å². The highest BCUT2D eigenvalue weighted by molar-refractivity contribution is 5.91. The third-order valence-corrected chi connectivity index (χ3v) is 5.83. The molecule has 0 unspecified atom stereocenters.